The van der Waals surface area contributed by atoms with E-state index in [1.165, 1.54) is 0 Å². The van der Waals surface area contributed by atoms with Gasteiger partial charge in [0.25, 0.3) is 0 Å². The lowest BCUT2D eigenvalue weighted by molar-refractivity contribution is -0.117. The fraction of sp³-hybridized carbons (Fsp3) is 0.750. The van der Waals surface area contributed by atoms with E-state index in [2.05, 4.69) is 5.32 Å². The molecule has 0 spiro atoms. The van der Waals surface area contributed by atoms with Gasteiger partial charge in [0.2, 0.25) is 5.91 Å². The molecule has 1 rings (SSSR count). The largest absolute Gasteiger partial charge is 0.368 e. The lowest BCUT2D eigenvalue weighted by Crippen LogP contribution is -2.47. The van der Waals surface area contributed by atoms with Crippen LogP contribution in [0.5, 0.6) is 0 Å². The number of carbonyl (C=O) groups excluding carboxylic acids is 2. The summed E-state index contributed by atoms with van der Waals surface area (Å²) in [5, 5.41) is 2.45. The molecule has 1 unspecified atom stereocenters. The van der Waals surface area contributed by atoms with Crippen molar-refractivity contribution in [2.24, 2.45) is 11.5 Å². The van der Waals surface area contributed by atoms with Crippen LogP contribution in [-0.2, 0) is 4.79 Å². The van der Waals surface area contributed by atoms with Gasteiger partial charge in [0, 0.05) is 19.1 Å². The Morgan fingerprint density at radius 2 is 2.21 bits per heavy atom. The number of nitrogens with two attached hydrogens (primary N) is 2. The molecule has 1 aliphatic rings. The van der Waals surface area contributed by atoms with Crippen molar-refractivity contribution in [3.05, 3.63) is 0 Å². The van der Waals surface area contributed by atoms with Crippen molar-refractivity contribution in [2.45, 2.75) is 18.9 Å². The average molecular weight is 200 g/mol. The second-order valence-corrected chi connectivity index (χ2v) is 3.35. The molecular weight excluding hydrogens is 184 g/mol. The van der Waals surface area contributed by atoms with Crippen molar-refractivity contribution in [1.82, 2.24) is 10.2 Å². The molecule has 0 bridgehead atoms. The summed E-state index contributed by atoms with van der Waals surface area (Å²) >= 11 is 0. The highest BCUT2D eigenvalue weighted by molar-refractivity contribution is 5.83. The van der Waals surface area contributed by atoms with E-state index in [0.29, 0.717) is 13.1 Å². The van der Waals surface area contributed by atoms with Crippen molar-refractivity contribution in [2.75, 3.05) is 19.6 Å². The summed E-state index contributed by atoms with van der Waals surface area (Å²) in [6.45, 7) is 1.04. The van der Waals surface area contributed by atoms with Crippen LogP contribution in [0.2, 0.25) is 0 Å². The lowest BCUT2D eigenvalue weighted by atomic mass is 10.2. The molecule has 0 aromatic rings. The molecule has 0 aromatic carbocycles. The SMILES string of the molecule is NCC1CCCN1C(=O)NCC(N)=O. The van der Waals surface area contributed by atoms with Crippen LogP contribution in [0.4, 0.5) is 4.79 Å². The molecular formula is C8H16N4O2. The molecule has 1 fully saturated rings. The van der Waals surface area contributed by atoms with Crippen LogP contribution in [0.25, 0.3) is 0 Å². The number of nitrogens with one attached hydrogen (secondary N) is 1. The summed E-state index contributed by atoms with van der Waals surface area (Å²) in [7, 11) is 0. The van der Waals surface area contributed by atoms with E-state index in [1.807, 2.05) is 0 Å². The maximum atomic E-state index is 11.5. The van der Waals surface area contributed by atoms with E-state index in [-0.39, 0.29) is 18.6 Å². The minimum atomic E-state index is -0.540. The third-order valence-electron chi connectivity index (χ3n) is 2.32. The monoisotopic (exact) mass is 200 g/mol. The smallest absolute Gasteiger partial charge is 0.318 e. The highest BCUT2D eigenvalue weighted by Gasteiger charge is 2.27. The van der Waals surface area contributed by atoms with E-state index in [9.17, 15) is 9.59 Å². The lowest BCUT2D eigenvalue weighted by Gasteiger charge is -2.23. The molecule has 1 heterocycles. The first-order valence-corrected chi connectivity index (χ1v) is 4.68. The fourth-order valence-corrected chi connectivity index (χ4v) is 1.61. The van der Waals surface area contributed by atoms with Crippen LogP contribution in [-0.4, -0.2) is 42.5 Å². The molecule has 1 atom stereocenters. The van der Waals surface area contributed by atoms with Crippen molar-refractivity contribution in [3.8, 4) is 0 Å². The number of urea groups is 1. The molecule has 6 heteroatoms. The molecule has 80 valence electrons. The zero-order chi connectivity index (χ0) is 10.6. The molecule has 0 radical (unpaired) electrons. The van der Waals surface area contributed by atoms with E-state index in [4.69, 9.17) is 11.5 Å². The minimum absolute atomic E-state index is 0.0999. The summed E-state index contributed by atoms with van der Waals surface area (Å²) in [6, 6.07) is -0.153. The van der Waals surface area contributed by atoms with Gasteiger partial charge in [-0.2, -0.15) is 0 Å². The van der Waals surface area contributed by atoms with Gasteiger partial charge in [-0.3, -0.25) is 4.79 Å². The quantitative estimate of drug-likeness (QED) is 0.522. The second kappa shape index (κ2) is 4.80. The van der Waals surface area contributed by atoms with Gasteiger partial charge in [0.15, 0.2) is 0 Å². The van der Waals surface area contributed by atoms with Crippen LogP contribution in [0, 0.1) is 0 Å². The number of hydrogen-bond donors (Lipinski definition) is 3. The molecule has 0 aromatic heterocycles. The Morgan fingerprint density at radius 1 is 1.50 bits per heavy atom. The molecule has 1 aliphatic heterocycles. The fourth-order valence-electron chi connectivity index (χ4n) is 1.61. The molecule has 6 nitrogen and oxygen atoms in total. The first-order valence-electron chi connectivity index (χ1n) is 4.68. The van der Waals surface area contributed by atoms with Gasteiger partial charge in [-0.1, -0.05) is 0 Å². The predicted molar refractivity (Wildman–Crippen MR) is 51.4 cm³/mol. The predicted octanol–water partition coefficient (Wildman–Crippen LogP) is -1.40. The maximum Gasteiger partial charge on any atom is 0.318 e. The number of likely N-dealkylation sites (tertiary alicyclic amines) is 1. The van der Waals surface area contributed by atoms with Gasteiger partial charge in [0.05, 0.1) is 6.54 Å². The van der Waals surface area contributed by atoms with Gasteiger partial charge in [0.1, 0.15) is 0 Å². The van der Waals surface area contributed by atoms with Gasteiger partial charge in [-0.15, -0.1) is 0 Å². The van der Waals surface area contributed by atoms with Crippen LogP contribution in [0.15, 0.2) is 0 Å². The first-order chi connectivity index (χ1) is 6.65. The Labute approximate surface area is 82.6 Å². The van der Waals surface area contributed by atoms with Crippen molar-refractivity contribution >= 4 is 11.9 Å². The average Bonchev–Trinajstić information content (AvgIpc) is 2.61. The number of carbonyl (C=O) groups is 2. The molecule has 1 saturated heterocycles. The van der Waals surface area contributed by atoms with Crippen molar-refractivity contribution in [1.29, 1.82) is 0 Å². The highest BCUT2D eigenvalue weighted by atomic mass is 16.2. The third-order valence-corrected chi connectivity index (χ3v) is 2.32. The molecule has 14 heavy (non-hydrogen) atoms. The maximum absolute atomic E-state index is 11.5. The van der Waals surface area contributed by atoms with Crippen LogP contribution >= 0.6 is 0 Å². The number of nitrogens with zero attached hydrogens (tertiary/aromatic N) is 1. The minimum Gasteiger partial charge on any atom is -0.368 e. The Hall–Kier alpha value is -1.30. The molecule has 3 amide bonds. The summed E-state index contributed by atoms with van der Waals surface area (Å²) in [4.78, 5) is 23.6. The summed E-state index contributed by atoms with van der Waals surface area (Å²) < 4.78 is 0. The van der Waals surface area contributed by atoms with Gasteiger partial charge >= 0.3 is 6.03 Å². The van der Waals surface area contributed by atoms with E-state index in [1.54, 1.807) is 4.90 Å². The Morgan fingerprint density at radius 3 is 2.79 bits per heavy atom. The topological polar surface area (TPSA) is 101 Å². The summed E-state index contributed by atoms with van der Waals surface area (Å²) in [5.74, 6) is -0.540. The Balaban J connectivity index is 2.39. The zero-order valence-electron chi connectivity index (χ0n) is 8.03. The first kappa shape index (κ1) is 10.8. The van der Waals surface area contributed by atoms with Gasteiger partial charge in [-0.05, 0) is 12.8 Å². The van der Waals surface area contributed by atoms with E-state index >= 15 is 0 Å². The van der Waals surface area contributed by atoms with Gasteiger partial charge in [-0.25, -0.2) is 4.79 Å². The van der Waals surface area contributed by atoms with Crippen molar-refractivity contribution < 1.29 is 9.59 Å². The van der Waals surface area contributed by atoms with Crippen LogP contribution < -0.4 is 16.8 Å². The summed E-state index contributed by atoms with van der Waals surface area (Å²) in [6.07, 6.45) is 1.90. The standard InChI is InChI=1S/C8H16N4O2/c9-4-6-2-1-3-12(6)8(14)11-5-7(10)13/h6H,1-5,9H2,(H2,10,13)(H,11,14). The second-order valence-electron chi connectivity index (χ2n) is 3.35. The molecule has 0 aliphatic carbocycles. The van der Waals surface area contributed by atoms with Crippen LogP contribution in [0.1, 0.15) is 12.8 Å². The van der Waals surface area contributed by atoms with E-state index in [0.717, 1.165) is 12.8 Å². The number of amides is 3. The molecule has 5 N–H and O–H groups in total. The van der Waals surface area contributed by atoms with Crippen molar-refractivity contribution in [3.63, 3.8) is 0 Å². The number of primary amides is 1. The Kier molecular flexibility index (Phi) is 3.70. The Bertz CT molecular complexity index is 231. The number of rotatable bonds is 3. The normalized spacial score (nSPS) is 20.9. The van der Waals surface area contributed by atoms with E-state index < -0.39 is 5.91 Å². The number of hydrogen-bond acceptors (Lipinski definition) is 3. The highest BCUT2D eigenvalue weighted by Crippen LogP contribution is 2.15. The van der Waals surface area contributed by atoms with Gasteiger partial charge < -0.3 is 21.7 Å². The third kappa shape index (κ3) is 2.59. The van der Waals surface area contributed by atoms with Crippen LogP contribution in [0.3, 0.4) is 0 Å². The zero-order valence-corrected chi connectivity index (χ0v) is 8.03. The molecule has 0 saturated carbocycles. The summed E-state index contributed by atoms with van der Waals surface area (Å²) in [5.41, 5.74) is 10.4.